The van der Waals surface area contributed by atoms with Crippen LogP contribution in [0.15, 0.2) is 42.6 Å². The highest BCUT2D eigenvalue weighted by atomic mass is 35.5. The predicted octanol–water partition coefficient (Wildman–Crippen LogP) is 5.07. The van der Waals surface area contributed by atoms with E-state index >= 15 is 0 Å². The number of anilines is 1. The monoisotopic (exact) mass is 627 g/mol. The number of nitrogens with one attached hydrogen (secondary N) is 1. The number of carbonyl (C=O) groups is 3. The zero-order chi connectivity index (χ0) is 31.6. The fraction of sp³-hybridized carbons (Fsp3) is 0.469. The van der Waals surface area contributed by atoms with Crippen molar-refractivity contribution in [3.8, 4) is 5.75 Å². The summed E-state index contributed by atoms with van der Waals surface area (Å²) in [6.07, 6.45) is 3.58. The van der Waals surface area contributed by atoms with Gasteiger partial charge in [0.15, 0.2) is 0 Å². The molecular weight excluding hydrogens is 589 g/mol. The second-order valence-electron chi connectivity index (χ2n) is 11.8. The molecule has 3 aliphatic heterocycles. The maximum absolute atomic E-state index is 14.5. The molecule has 5 amide bonds. The highest BCUT2D eigenvalue weighted by Crippen LogP contribution is 2.40. The molecule has 3 aliphatic rings. The molecule has 1 fully saturated rings. The van der Waals surface area contributed by atoms with Gasteiger partial charge in [0.1, 0.15) is 18.1 Å². The van der Waals surface area contributed by atoms with Crippen molar-refractivity contribution in [3.63, 3.8) is 0 Å². The first-order valence-electron chi connectivity index (χ1n) is 14.8. The molecule has 0 spiro atoms. The van der Waals surface area contributed by atoms with Gasteiger partial charge >= 0.3 is 12.1 Å². The third-order valence-corrected chi connectivity index (χ3v) is 9.25. The quantitative estimate of drug-likeness (QED) is 0.441. The van der Waals surface area contributed by atoms with E-state index in [2.05, 4.69) is 5.32 Å². The predicted molar refractivity (Wildman–Crippen MR) is 166 cm³/mol. The molecule has 0 bridgehead atoms. The number of fused-ring (bicyclic) bond motifs is 1. The first-order chi connectivity index (χ1) is 21.0. The molecule has 0 saturated carbocycles. The number of ether oxygens (including phenoxy) is 2. The molecule has 3 heterocycles. The van der Waals surface area contributed by atoms with E-state index in [0.717, 1.165) is 11.3 Å². The Bertz CT molecular complexity index is 1460. The number of halogens is 2. The number of nitrogens with zero attached hydrogens (tertiary/aromatic N) is 4. The van der Waals surface area contributed by atoms with Crippen molar-refractivity contribution in [3.05, 3.63) is 64.6 Å². The number of rotatable bonds is 8. The largest absolute Gasteiger partial charge is 0.497 e. The Hall–Kier alpha value is -3.83. The van der Waals surface area contributed by atoms with Crippen LogP contribution >= 0.6 is 11.6 Å². The smallest absolute Gasteiger partial charge is 0.325 e. The Labute approximate surface area is 262 Å². The van der Waals surface area contributed by atoms with Crippen LogP contribution in [0.4, 0.5) is 19.7 Å². The summed E-state index contributed by atoms with van der Waals surface area (Å²) in [5.74, 6) is -0.0831. The van der Waals surface area contributed by atoms with Crippen LogP contribution in [0.1, 0.15) is 37.8 Å². The minimum atomic E-state index is -0.844. The lowest BCUT2D eigenvalue weighted by molar-refractivity contribution is -0.133. The van der Waals surface area contributed by atoms with E-state index in [-0.39, 0.29) is 48.7 Å². The topological polar surface area (TPSA) is 94.7 Å². The van der Waals surface area contributed by atoms with Crippen molar-refractivity contribution in [2.75, 3.05) is 58.9 Å². The number of piperidine rings is 1. The molecule has 0 aliphatic carbocycles. The van der Waals surface area contributed by atoms with Gasteiger partial charge in [0, 0.05) is 68.4 Å². The van der Waals surface area contributed by atoms with Crippen LogP contribution in [-0.2, 0) is 16.0 Å². The fourth-order valence-corrected chi connectivity index (χ4v) is 6.49. The Morgan fingerprint density at radius 3 is 2.57 bits per heavy atom. The molecule has 44 heavy (non-hydrogen) atoms. The van der Waals surface area contributed by atoms with E-state index in [1.807, 2.05) is 36.9 Å². The molecule has 1 saturated heterocycles. The van der Waals surface area contributed by atoms with E-state index in [0.29, 0.717) is 55.8 Å². The van der Waals surface area contributed by atoms with Crippen molar-refractivity contribution >= 4 is 40.8 Å². The lowest BCUT2D eigenvalue weighted by Gasteiger charge is -2.47. The minimum Gasteiger partial charge on any atom is -0.497 e. The van der Waals surface area contributed by atoms with Gasteiger partial charge < -0.3 is 29.5 Å². The number of likely N-dealkylation sites (tertiary alicyclic amines) is 1. The summed E-state index contributed by atoms with van der Waals surface area (Å²) in [6.45, 7) is 5.62. The van der Waals surface area contributed by atoms with Crippen LogP contribution in [0.25, 0.3) is 5.57 Å². The van der Waals surface area contributed by atoms with Crippen LogP contribution < -0.4 is 10.1 Å². The Kier molecular flexibility index (Phi) is 9.36. The number of carbonyl (C=O) groups excluding carboxylic acids is 3. The highest BCUT2D eigenvalue weighted by molar-refractivity contribution is 6.32. The molecule has 0 atom stereocenters. The molecule has 12 heteroatoms. The highest BCUT2D eigenvalue weighted by Gasteiger charge is 2.43. The summed E-state index contributed by atoms with van der Waals surface area (Å²) >= 11 is 6.38. The second-order valence-corrected chi connectivity index (χ2v) is 12.1. The number of hydrogen-bond acceptors (Lipinski definition) is 5. The summed E-state index contributed by atoms with van der Waals surface area (Å²) < 4.78 is 25.0. The van der Waals surface area contributed by atoms with Gasteiger partial charge in [0.25, 0.3) is 0 Å². The van der Waals surface area contributed by atoms with E-state index in [1.165, 1.54) is 11.0 Å². The van der Waals surface area contributed by atoms with Gasteiger partial charge in [-0.3, -0.25) is 9.69 Å². The third kappa shape index (κ3) is 6.21. The lowest BCUT2D eigenvalue weighted by Crippen LogP contribution is -2.59. The number of methoxy groups -OCH3 is 2. The Balaban J connectivity index is 1.28. The van der Waals surface area contributed by atoms with E-state index in [9.17, 15) is 18.8 Å². The zero-order valence-corrected chi connectivity index (χ0v) is 26.3. The van der Waals surface area contributed by atoms with Gasteiger partial charge in [-0.1, -0.05) is 29.8 Å². The maximum atomic E-state index is 14.5. The number of amides is 5. The van der Waals surface area contributed by atoms with E-state index in [4.69, 9.17) is 21.1 Å². The molecule has 0 aromatic heterocycles. The van der Waals surface area contributed by atoms with Gasteiger partial charge in [-0.25, -0.2) is 14.0 Å². The van der Waals surface area contributed by atoms with E-state index < -0.39 is 11.4 Å². The summed E-state index contributed by atoms with van der Waals surface area (Å²) in [7, 11) is 3.15. The standard InChI is InChI=1S/C32H39ClFN5O5/c1-32(2)25(24-6-5-7-26(34)29(24)33)19-37(31(42)39(32)16-17-43-3)20-28(40)36-13-11-22(12-14-36)38-15-10-21-8-9-23(44-4)18-27(21)35-30(38)41/h5-9,18-19,22H,10-17,20H2,1-4H3,(H,35,41). The summed E-state index contributed by atoms with van der Waals surface area (Å²) in [4.78, 5) is 46.9. The molecule has 1 N–H and O–H groups in total. The summed E-state index contributed by atoms with van der Waals surface area (Å²) in [5.41, 5.74) is 2.04. The third-order valence-electron chi connectivity index (χ3n) is 8.86. The van der Waals surface area contributed by atoms with Crippen LogP contribution in [-0.4, -0.2) is 103 Å². The van der Waals surface area contributed by atoms with Crippen molar-refractivity contribution < 1.29 is 28.2 Å². The van der Waals surface area contributed by atoms with Crippen LogP contribution in [0.2, 0.25) is 5.02 Å². The van der Waals surface area contributed by atoms with Crippen molar-refractivity contribution in [1.29, 1.82) is 0 Å². The van der Waals surface area contributed by atoms with Crippen LogP contribution in [0.3, 0.4) is 0 Å². The first kappa shape index (κ1) is 31.6. The molecule has 5 rings (SSSR count). The van der Waals surface area contributed by atoms with Gasteiger partial charge in [0.2, 0.25) is 5.91 Å². The Morgan fingerprint density at radius 1 is 1.11 bits per heavy atom. The first-order valence-corrected chi connectivity index (χ1v) is 15.2. The molecule has 2 aromatic carbocycles. The number of hydrogen-bond donors (Lipinski definition) is 1. The van der Waals surface area contributed by atoms with Gasteiger partial charge in [0.05, 0.1) is 24.3 Å². The molecule has 0 unspecified atom stereocenters. The fourth-order valence-electron chi connectivity index (χ4n) is 6.26. The van der Waals surface area contributed by atoms with Crippen molar-refractivity contribution in [2.24, 2.45) is 0 Å². The summed E-state index contributed by atoms with van der Waals surface area (Å²) in [5, 5.41) is 2.98. The SMILES string of the molecule is COCCN1C(=O)N(CC(=O)N2CCC(N3CCc4ccc(OC)cc4NC3=O)CC2)C=C(c2cccc(F)c2Cl)C1(C)C. The van der Waals surface area contributed by atoms with E-state index in [1.54, 1.807) is 42.4 Å². The van der Waals surface area contributed by atoms with Gasteiger partial charge in [-0.15, -0.1) is 0 Å². The minimum absolute atomic E-state index is 0.0150. The Morgan fingerprint density at radius 2 is 1.86 bits per heavy atom. The van der Waals surface area contributed by atoms with Gasteiger partial charge in [-0.05, 0) is 50.8 Å². The second kappa shape index (κ2) is 13.0. The maximum Gasteiger partial charge on any atom is 0.325 e. The normalized spacial score (nSPS) is 18.9. The average molecular weight is 628 g/mol. The molecule has 10 nitrogen and oxygen atoms in total. The molecule has 2 aromatic rings. The molecule has 0 radical (unpaired) electrons. The van der Waals surface area contributed by atoms with Crippen LogP contribution in [0, 0.1) is 5.82 Å². The lowest BCUT2D eigenvalue weighted by atomic mass is 9.85. The molecular formula is C32H39ClFN5O5. The molecule has 236 valence electrons. The van der Waals surface area contributed by atoms with Crippen molar-refractivity contribution in [1.82, 2.24) is 19.6 Å². The summed E-state index contributed by atoms with van der Waals surface area (Å²) in [6, 6.07) is 9.74. The zero-order valence-electron chi connectivity index (χ0n) is 25.6. The van der Waals surface area contributed by atoms with Gasteiger partial charge in [-0.2, -0.15) is 0 Å². The number of benzene rings is 2. The van der Waals surface area contributed by atoms with Crippen molar-refractivity contribution in [2.45, 2.75) is 44.7 Å². The number of urea groups is 2. The average Bonchev–Trinajstić information content (AvgIpc) is 3.17. The van der Waals surface area contributed by atoms with Crippen LogP contribution in [0.5, 0.6) is 5.75 Å².